The van der Waals surface area contributed by atoms with Gasteiger partial charge >= 0.3 is 0 Å². The number of pyridine rings is 1. The third-order valence-corrected chi connectivity index (χ3v) is 5.21. The largest absolute Gasteiger partial charge is 0.497 e. The Morgan fingerprint density at radius 1 is 0.903 bits per heavy atom. The van der Waals surface area contributed by atoms with Crippen LogP contribution >= 0.6 is 11.6 Å². The van der Waals surface area contributed by atoms with Crippen LogP contribution in [-0.4, -0.2) is 24.9 Å². The molecule has 31 heavy (non-hydrogen) atoms. The summed E-state index contributed by atoms with van der Waals surface area (Å²) in [5.74, 6) is 1.63. The van der Waals surface area contributed by atoms with Crippen molar-refractivity contribution in [2.75, 3.05) is 19.6 Å². The van der Waals surface area contributed by atoms with E-state index in [-0.39, 0.29) is 0 Å². The molecular weight excluding hydrogens is 410 g/mol. The number of aromatic nitrogens is 1. The average molecular weight is 432 g/mol. The molecule has 4 aromatic rings. The monoisotopic (exact) mass is 431 g/mol. The van der Waals surface area contributed by atoms with Crippen LogP contribution in [0.4, 0.5) is 5.69 Å². The fraction of sp³-hybridized carbons (Fsp3) is 0.120. The van der Waals surface area contributed by atoms with Crippen LogP contribution in [0.1, 0.15) is 11.1 Å². The van der Waals surface area contributed by atoms with Crippen molar-refractivity contribution in [3.05, 3.63) is 95.1 Å². The number of halogens is 1. The van der Waals surface area contributed by atoms with E-state index in [1.807, 2.05) is 72.8 Å². The number of hydrogen-bond donors (Lipinski definition) is 1. The van der Waals surface area contributed by atoms with Crippen LogP contribution in [0.3, 0.4) is 0 Å². The molecule has 0 bridgehead atoms. The van der Waals surface area contributed by atoms with Crippen LogP contribution in [0.2, 0.25) is 5.02 Å². The molecule has 0 fully saturated rings. The van der Waals surface area contributed by atoms with Crippen molar-refractivity contribution in [3.8, 4) is 11.5 Å². The zero-order valence-corrected chi connectivity index (χ0v) is 18.1. The van der Waals surface area contributed by atoms with Gasteiger partial charge in [-0.25, -0.2) is 0 Å². The molecule has 1 N–H and O–H groups in total. The maximum absolute atomic E-state index is 6.11. The number of rotatable bonds is 7. The number of nitrogens with one attached hydrogen (secondary N) is 1. The highest BCUT2D eigenvalue weighted by atomic mass is 35.5. The minimum absolute atomic E-state index is 0.651. The molecule has 6 heteroatoms. The molecule has 1 heterocycles. The Bertz CT molecular complexity index is 1210. The molecular formula is C25H22ClN3O2. The summed E-state index contributed by atoms with van der Waals surface area (Å²) in [6, 6.07) is 23.4. The summed E-state index contributed by atoms with van der Waals surface area (Å²) in [5.41, 5.74) is 7.93. The second kappa shape index (κ2) is 9.49. The highest BCUT2D eigenvalue weighted by molar-refractivity contribution is 6.31. The number of benzene rings is 3. The second-order valence-corrected chi connectivity index (χ2v) is 7.38. The first-order chi connectivity index (χ1) is 15.2. The number of nitrogens with zero attached hydrogens (tertiary/aromatic N) is 2. The predicted molar refractivity (Wildman–Crippen MR) is 127 cm³/mol. The number of methoxy groups -OCH3 is 2. The molecule has 0 unspecified atom stereocenters. The van der Waals surface area contributed by atoms with Gasteiger partial charge in [0.05, 0.1) is 31.1 Å². The van der Waals surface area contributed by atoms with Gasteiger partial charge in [0, 0.05) is 23.0 Å². The molecule has 0 amide bonds. The molecule has 0 aliphatic rings. The topological polar surface area (TPSA) is 55.7 Å². The summed E-state index contributed by atoms with van der Waals surface area (Å²) in [7, 11) is 3.32. The van der Waals surface area contributed by atoms with E-state index in [1.54, 1.807) is 20.4 Å². The number of hydrogen-bond acceptors (Lipinski definition) is 5. The minimum Gasteiger partial charge on any atom is -0.497 e. The average Bonchev–Trinajstić information content (AvgIpc) is 2.82. The van der Waals surface area contributed by atoms with E-state index in [9.17, 15) is 0 Å². The Morgan fingerprint density at radius 2 is 1.58 bits per heavy atom. The molecule has 0 saturated carbocycles. The zero-order valence-electron chi connectivity index (χ0n) is 17.3. The smallest absolute Gasteiger partial charge is 0.118 e. The molecule has 5 nitrogen and oxygen atoms in total. The highest BCUT2D eigenvalue weighted by Gasteiger charge is 2.08. The molecule has 0 atom stereocenters. The van der Waals surface area contributed by atoms with Crippen LogP contribution in [0.25, 0.3) is 10.9 Å². The summed E-state index contributed by atoms with van der Waals surface area (Å²) in [6.07, 6.45) is 2.39. The molecule has 156 valence electrons. The Hall–Kier alpha value is -3.57. The summed E-state index contributed by atoms with van der Waals surface area (Å²) in [5, 5.41) is 6.37. The van der Waals surface area contributed by atoms with Crippen molar-refractivity contribution >= 4 is 33.9 Å². The van der Waals surface area contributed by atoms with Crippen LogP contribution in [0, 0.1) is 0 Å². The van der Waals surface area contributed by atoms with Gasteiger partial charge in [-0.05, 0) is 71.8 Å². The first-order valence-corrected chi connectivity index (χ1v) is 10.2. The van der Waals surface area contributed by atoms with E-state index >= 15 is 0 Å². The van der Waals surface area contributed by atoms with Gasteiger partial charge in [0.1, 0.15) is 11.5 Å². The molecule has 0 spiro atoms. The van der Waals surface area contributed by atoms with Crippen LogP contribution in [0.5, 0.6) is 11.5 Å². The molecule has 4 rings (SSSR count). The molecule has 0 aliphatic heterocycles. The molecule has 0 radical (unpaired) electrons. The van der Waals surface area contributed by atoms with Crippen LogP contribution in [-0.2, 0) is 6.42 Å². The van der Waals surface area contributed by atoms with Gasteiger partial charge in [-0.15, -0.1) is 0 Å². The highest BCUT2D eigenvalue weighted by Crippen LogP contribution is 2.25. The van der Waals surface area contributed by atoms with Crippen molar-refractivity contribution in [2.24, 2.45) is 5.10 Å². The fourth-order valence-corrected chi connectivity index (χ4v) is 3.44. The quantitative estimate of drug-likeness (QED) is 0.289. The molecule has 3 aromatic carbocycles. The normalized spacial score (nSPS) is 11.4. The van der Waals surface area contributed by atoms with E-state index in [4.69, 9.17) is 26.2 Å². The third-order valence-electron chi connectivity index (χ3n) is 4.97. The lowest BCUT2D eigenvalue weighted by atomic mass is 10.0. The van der Waals surface area contributed by atoms with Crippen molar-refractivity contribution < 1.29 is 9.47 Å². The van der Waals surface area contributed by atoms with Gasteiger partial charge in [0.25, 0.3) is 0 Å². The van der Waals surface area contributed by atoms with Gasteiger partial charge in [0.15, 0.2) is 0 Å². The fourth-order valence-electron chi connectivity index (χ4n) is 3.27. The summed E-state index contributed by atoms with van der Waals surface area (Å²) in [4.78, 5) is 4.39. The molecule has 0 saturated heterocycles. The van der Waals surface area contributed by atoms with E-state index in [0.29, 0.717) is 11.4 Å². The maximum Gasteiger partial charge on any atom is 0.118 e. The van der Waals surface area contributed by atoms with E-state index < -0.39 is 0 Å². The van der Waals surface area contributed by atoms with Gasteiger partial charge < -0.3 is 9.47 Å². The number of anilines is 1. The van der Waals surface area contributed by atoms with Crippen molar-refractivity contribution in [3.63, 3.8) is 0 Å². The summed E-state index contributed by atoms with van der Waals surface area (Å²) >= 11 is 6.11. The minimum atomic E-state index is 0.651. The zero-order chi connectivity index (χ0) is 21.6. The Labute approximate surface area is 186 Å². The lowest BCUT2D eigenvalue weighted by Gasteiger charge is -2.11. The van der Waals surface area contributed by atoms with Crippen LogP contribution in [0.15, 0.2) is 84.1 Å². The SMILES string of the molecule is COc1ccc(CC(=NNc2ccnc3cc(Cl)ccc23)c2ccc(OC)cc2)cc1. The predicted octanol–water partition coefficient (Wildman–Crippen LogP) is 5.96. The number of fused-ring (bicyclic) bond motifs is 1. The summed E-state index contributed by atoms with van der Waals surface area (Å²) < 4.78 is 10.6. The lowest BCUT2D eigenvalue weighted by molar-refractivity contribution is 0.414. The van der Waals surface area contributed by atoms with Crippen LogP contribution < -0.4 is 14.9 Å². The van der Waals surface area contributed by atoms with Crippen molar-refractivity contribution in [2.45, 2.75) is 6.42 Å². The maximum atomic E-state index is 6.11. The second-order valence-electron chi connectivity index (χ2n) is 6.94. The molecule has 1 aromatic heterocycles. The van der Waals surface area contributed by atoms with Gasteiger partial charge in [0.2, 0.25) is 0 Å². The van der Waals surface area contributed by atoms with Gasteiger partial charge in [-0.1, -0.05) is 23.7 Å². The Balaban J connectivity index is 1.68. The first-order valence-electron chi connectivity index (χ1n) is 9.80. The number of ether oxygens (including phenoxy) is 2. The van der Waals surface area contributed by atoms with Gasteiger partial charge in [-0.3, -0.25) is 10.4 Å². The Morgan fingerprint density at radius 3 is 2.26 bits per heavy atom. The van der Waals surface area contributed by atoms with E-state index in [1.165, 1.54) is 0 Å². The lowest BCUT2D eigenvalue weighted by Crippen LogP contribution is -2.09. The number of hydrazone groups is 1. The van der Waals surface area contributed by atoms with Crippen molar-refractivity contribution in [1.82, 2.24) is 4.98 Å². The van der Waals surface area contributed by atoms with Gasteiger partial charge in [-0.2, -0.15) is 5.10 Å². The first kappa shape index (κ1) is 20.7. The standard InChI is InChI=1S/C25H22ClN3O2/c1-30-20-8-3-17(4-9-20)15-24(18-5-10-21(31-2)11-6-18)29-28-23-13-14-27-25-16-19(26)7-12-22(23)25/h3-14,16H,15H2,1-2H3,(H,27,28). The third kappa shape index (κ3) is 4.95. The van der Waals surface area contributed by atoms with Crippen molar-refractivity contribution in [1.29, 1.82) is 0 Å². The Kier molecular flexibility index (Phi) is 6.34. The molecule has 0 aliphatic carbocycles. The summed E-state index contributed by atoms with van der Waals surface area (Å²) in [6.45, 7) is 0. The van der Waals surface area contributed by atoms with E-state index in [2.05, 4.69) is 10.4 Å². The van der Waals surface area contributed by atoms with E-state index in [0.717, 1.165) is 44.9 Å².